The first kappa shape index (κ1) is 19.5. The Kier molecular flexibility index (Phi) is 14.5. The maximum Gasteiger partial charge on any atom is 0.303 e. The van der Waals surface area contributed by atoms with E-state index in [2.05, 4.69) is 6.92 Å². The van der Waals surface area contributed by atoms with E-state index in [0.717, 1.165) is 6.42 Å². The fourth-order valence-electron chi connectivity index (χ4n) is 2.73. The Morgan fingerprint density at radius 2 is 1.25 bits per heavy atom. The van der Waals surface area contributed by atoms with Gasteiger partial charge in [-0.05, 0) is 5.92 Å². The number of hydrogen-bond donors (Lipinski definition) is 1. The predicted octanol–water partition coefficient (Wildman–Crippen LogP) is 6.19. The van der Waals surface area contributed by atoms with Crippen molar-refractivity contribution in [2.24, 2.45) is 5.92 Å². The lowest BCUT2D eigenvalue weighted by Crippen LogP contribution is -2.03. The topological polar surface area (TPSA) is 37.3 Å². The van der Waals surface area contributed by atoms with E-state index in [1.165, 1.54) is 77.0 Å². The van der Waals surface area contributed by atoms with Crippen LogP contribution >= 0.6 is 0 Å². The van der Waals surface area contributed by atoms with Crippen LogP contribution in [0.1, 0.15) is 104 Å². The summed E-state index contributed by atoms with van der Waals surface area (Å²) in [5, 5.41) is 8.68. The summed E-state index contributed by atoms with van der Waals surface area (Å²) in [6.07, 6.45) is 17.8. The molecule has 0 amide bonds. The van der Waals surface area contributed by atoms with Crippen LogP contribution in [0.15, 0.2) is 0 Å². The van der Waals surface area contributed by atoms with Gasteiger partial charge in [0.1, 0.15) is 0 Å². The van der Waals surface area contributed by atoms with Crippen molar-refractivity contribution in [3.63, 3.8) is 0 Å². The van der Waals surface area contributed by atoms with Crippen LogP contribution in [0.2, 0.25) is 0 Å². The number of rotatable bonds is 15. The summed E-state index contributed by atoms with van der Waals surface area (Å²) >= 11 is 0. The van der Waals surface area contributed by atoms with E-state index >= 15 is 0 Å². The lowest BCUT2D eigenvalue weighted by atomic mass is 10.0. The summed E-state index contributed by atoms with van der Waals surface area (Å²) in [6.45, 7) is 4.31. The number of carboxylic acids is 1. The highest BCUT2D eigenvalue weighted by molar-refractivity contribution is 5.66. The van der Waals surface area contributed by atoms with Gasteiger partial charge in [0.2, 0.25) is 0 Å². The molecule has 2 nitrogen and oxygen atoms in total. The summed E-state index contributed by atoms with van der Waals surface area (Å²) < 4.78 is 0. The van der Waals surface area contributed by atoms with Crippen molar-refractivity contribution >= 4 is 5.97 Å². The molecule has 0 saturated carbocycles. The first-order chi connectivity index (χ1) is 9.66. The number of carbonyl (C=O) groups is 1. The van der Waals surface area contributed by atoms with Gasteiger partial charge in [0, 0.05) is 6.42 Å². The second-order valence-corrected chi connectivity index (χ2v) is 6.38. The van der Waals surface area contributed by atoms with E-state index in [1.807, 2.05) is 6.92 Å². The molecule has 1 unspecified atom stereocenters. The molecule has 0 fully saturated rings. The third kappa shape index (κ3) is 15.5. The predicted molar refractivity (Wildman–Crippen MR) is 87.1 cm³/mol. The molecule has 1 atom stereocenters. The van der Waals surface area contributed by atoms with Crippen molar-refractivity contribution < 1.29 is 9.90 Å². The number of aliphatic carboxylic acids is 1. The molecule has 1 N–H and O–H groups in total. The molecule has 20 heavy (non-hydrogen) atoms. The van der Waals surface area contributed by atoms with Gasteiger partial charge in [0.25, 0.3) is 0 Å². The molecule has 0 aromatic carbocycles. The third-order valence-electron chi connectivity index (χ3n) is 4.07. The highest BCUT2D eigenvalue weighted by Crippen LogP contribution is 2.15. The molecule has 0 aromatic rings. The minimum absolute atomic E-state index is 0.331. The number of hydrogen-bond acceptors (Lipinski definition) is 1. The van der Waals surface area contributed by atoms with Crippen molar-refractivity contribution in [2.75, 3.05) is 0 Å². The first-order valence-electron chi connectivity index (χ1n) is 8.88. The Bertz CT molecular complexity index is 213. The summed E-state index contributed by atoms with van der Waals surface area (Å²) in [4.78, 5) is 10.5. The van der Waals surface area contributed by atoms with E-state index in [1.54, 1.807) is 0 Å². The van der Waals surface area contributed by atoms with E-state index in [4.69, 9.17) is 5.11 Å². The number of carboxylic acid groups (broad SMARTS) is 1. The van der Waals surface area contributed by atoms with E-state index in [0.29, 0.717) is 12.3 Å². The molecule has 0 aliphatic rings. The normalized spacial score (nSPS) is 12.5. The Morgan fingerprint density at radius 1 is 0.850 bits per heavy atom. The largest absolute Gasteiger partial charge is 0.481 e. The van der Waals surface area contributed by atoms with Gasteiger partial charge in [0.05, 0.1) is 0 Å². The molecular weight excluding hydrogens is 250 g/mol. The molecular formula is C18H36O2. The average Bonchev–Trinajstić information content (AvgIpc) is 2.39. The highest BCUT2D eigenvalue weighted by atomic mass is 16.4. The van der Waals surface area contributed by atoms with Crippen molar-refractivity contribution in [2.45, 2.75) is 104 Å². The monoisotopic (exact) mass is 286 g/mol. The van der Waals surface area contributed by atoms with Gasteiger partial charge in [-0.15, -0.1) is 0 Å². The summed E-state index contributed by atoms with van der Waals surface area (Å²) in [5.74, 6) is -0.313. The van der Waals surface area contributed by atoms with Gasteiger partial charge in [-0.2, -0.15) is 0 Å². The molecule has 0 aromatic heterocycles. The fraction of sp³-hybridized carbons (Fsp3) is 0.944. The molecule has 0 saturated heterocycles. The lowest BCUT2D eigenvalue weighted by molar-refractivity contribution is -0.138. The summed E-state index contributed by atoms with van der Waals surface area (Å²) in [5.41, 5.74) is 0. The van der Waals surface area contributed by atoms with Crippen molar-refractivity contribution in [3.8, 4) is 0 Å². The van der Waals surface area contributed by atoms with Crippen LogP contribution in [0.25, 0.3) is 0 Å². The minimum Gasteiger partial charge on any atom is -0.481 e. The highest BCUT2D eigenvalue weighted by Gasteiger charge is 2.06. The van der Waals surface area contributed by atoms with Crippen LogP contribution in [0.5, 0.6) is 0 Å². The Hall–Kier alpha value is -0.530. The van der Waals surface area contributed by atoms with Crippen LogP contribution in [-0.2, 0) is 4.79 Å². The number of unbranched alkanes of at least 4 members (excludes halogenated alkanes) is 11. The average molecular weight is 286 g/mol. The standard InChI is InChI=1S/C18H36O2/c1-3-4-5-6-7-8-9-10-11-12-13-14-15-17(2)16-18(19)20/h17H,3-16H2,1-2H3,(H,19,20)/i2+2. The molecule has 0 spiro atoms. The van der Waals surface area contributed by atoms with Crippen LogP contribution in [-0.4, -0.2) is 11.1 Å². The van der Waals surface area contributed by atoms with Gasteiger partial charge in [-0.1, -0.05) is 97.3 Å². The molecule has 0 bridgehead atoms. The van der Waals surface area contributed by atoms with Gasteiger partial charge in [0.15, 0.2) is 0 Å². The van der Waals surface area contributed by atoms with Crippen molar-refractivity contribution in [1.82, 2.24) is 0 Å². The van der Waals surface area contributed by atoms with E-state index in [-0.39, 0.29) is 0 Å². The van der Waals surface area contributed by atoms with Crippen LogP contribution in [0.4, 0.5) is 0 Å². The van der Waals surface area contributed by atoms with E-state index in [9.17, 15) is 4.79 Å². The molecule has 0 rings (SSSR count). The van der Waals surface area contributed by atoms with Crippen LogP contribution < -0.4 is 0 Å². The second kappa shape index (κ2) is 14.9. The smallest absolute Gasteiger partial charge is 0.303 e. The maximum absolute atomic E-state index is 10.5. The Balaban J connectivity index is 3.08. The van der Waals surface area contributed by atoms with E-state index < -0.39 is 5.97 Å². The molecule has 0 aliphatic heterocycles. The quantitative estimate of drug-likeness (QED) is 0.364. The Labute approximate surface area is 126 Å². The summed E-state index contributed by atoms with van der Waals surface area (Å²) in [7, 11) is 0. The van der Waals surface area contributed by atoms with Crippen molar-refractivity contribution in [3.05, 3.63) is 0 Å². The van der Waals surface area contributed by atoms with Gasteiger partial charge in [-0.3, -0.25) is 4.79 Å². The maximum atomic E-state index is 10.5. The summed E-state index contributed by atoms with van der Waals surface area (Å²) in [6, 6.07) is 0. The molecule has 120 valence electrons. The van der Waals surface area contributed by atoms with Crippen LogP contribution in [0.3, 0.4) is 0 Å². The zero-order valence-corrected chi connectivity index (χ0v) is 13.8. The zero-order valence-electron chi connectivity index (χ0n) is 13.8. The third-order valence-corrected chi connectivity index (χ3v) is 4.07. The lowest BCUT2D eigenvalue weighted by Gasteiger charge is -2.07. The second-order valence-electron chi connectivity index (χ2n) is 6.38. The van der Waals surface area contributed by atoms with Gasteiger partial charge in [-0.25, -0.2) is 0 Å². The van der Waals surface area contributed by atoms with Gasteiger partial charge >= 0.3 is 5.97 Å². The van der Waals surface area contributed by atoms with Crippen molar-refractivity contribution in [1.29, 1.82) is 0 Å². The molecule has 2 heteroatoms. The SMILES string of the molecule is CCCCCCCCCCCCCCC([14CH3])CC(=O)O. The van der Waals surface area contributed by atoms with Gasteiger partial charge < -0.3 is 5.11 Å². The molecule has 0 aliphatic carbocycles. The first-order valence-corrected chi connectivity index (χ1v) is 8.88. The minimum atomic E-state index is -0.656. The van der Waals surface area contributed by atoms with Crippen LogP contribution in [0, 0.1) is 5.92 Å². The Morgan fingerprint density at radius 3 is 1.65 bits per heavy atom. The fourth-order valence-corrected chi connectivity index (χ4v) is 2.73. The molecule has 0 radical (unpaired) electrons. The zero-order chi connectivity index (χ0) is 15.1. The molecule has 0 heterocycles.